The lowest BCUT2D eigenvalue weighted by molar-refractivity contribution is -0.153. The largest absolute Gasteiger partial charge is 0.378 e. The molecule has 3 heteroatoms. The summed E-state index contributed by atoms with van der Waals surface area (Å²) < 4.78 is 5.83. The summed E-state index contributed by atoms with van der Waals surface area (Å²) in [7, 11) is 2.09. The third kappa shape index (κ3) is 2.51. The van der Waals surface area contributed by atoms with Crippen molar-refractivity contribution in [2.24, 2.45) is 5.41 Å². The maximum absolute atomic E-state index is 5.83. The van der Waals surface area contributed by atoms with Crippen LogP contribution < -0.4 is 5.32 Å². The van der Waals surface area contributed by atoms with Crippen LogP contribution in [0.5, 0.6) is 0 Å². The van der Waals surface area contributed by atoms with E-state index in [9.17, 15) is 0 Å². The highest BCUT2D eigenvalue weighted by Gasteiger charge is 2.51. The average Bonchev–Trinajstić information content (AvgIpc) is 2.34. The Morgan fingerprint density at radius 1 is 1.41 bits per heavy atom. The quantitative estimate of drug-likeness (QED) is 0.812. The van der Waals surface area contributed by atoms with Gasteiger partial charge in [0.2, 0.25) is 0 Å². The van der Waals surface area contributed by atoms with E-state index in [0.717, 1.165) is 12.6 Å². The molecule has 0 spiro atoms. The van der Waals surface area contributed by atoms with E-state index in [1.165, 1.54) is 32.4 Å². The fourth-order valence-corrected chi connectivity index (χ4v) is 3.49. The van der Waals surface area contributed by atoms with Gasteiger partial charge in [0, 0.05) is 30.7 Å². The van der Waals surface area contributed by atoms with E-state index in [2.05, 4.69) is 38.0 Å². The van der Waals surface area contributed by atoms with E-state index >= 15 is 0 Å². The zero-order chi connectivity index (χ0) is 12.5. The second-order valence-electron chi connectivity index (χ2n) is 6.14. The van der Waals surface area contributed by atoms with Gasteiger partial charge in [-0.05, 0) is 39.8 Å². The van der Waals surface area contributed by atoms with Crippen molar-refractivity contribution in [3.8, 4) is 0 Å². The molecule has 0 bridgehead atoms. The zero-order valence-corrected chi connectivity index (χ0v) is 11.8. The van der Waals surface area contributed by atoms with Crippen LogP contribution >= 0.6 is 0 Å². The Kier molecular flexibility index (Phi) is 4.11. The molecule has 0 aromatic heterocycles. The lowest BCUT2D eigenvalue weighted by atomic mass is 9.63. The molecule has 3 unspecified atom stereocenters. The number of piperidine rings is 1. The fraction of sp³-hybridized carbons (Fsp3) is 1.00. The summed E-state index contributed by atoms with van der Waals surface area (Å²) in [6.45, 7) is 10.2. The molecule has 1 aliphatic carbocycles. The molecular formula is C14H28N2O. The highest BCUT2D eigenvalue weighted by atomic mass is 16.5. The van der Waals surface area contributed by atoms with Crippen molar-refractivity contribution in [2.45, 2.75) is 58.2 Å². The molecule has 100 valence electrons. The van der Waals surface area contributed by atoms with E-state index < -0.39 is 0 Å². The lowest BCUT2D eigenvalue weighted by Crippen LogP contribution is -2.64. The normalized spacial score (nSPS) is 37.8. The molecule has 2 fully saturated rings. The van der Waals surface area contributed by atoms with Crippen LogP contribution in [0.4, 0.5) is 0 Å². The number of nitrogens with one attached hydrogen (secondary N) is 1. The minimum Gasteiger partial charge on any atom is -0.378 e. The fourth-order valence-electron chi connectivity index (χ4n) is 3.49. The molecule has 1 saturated heterocycles. The van der Waals surface area contributed by atoms with Gasteiger partial charge in [-0.15, -0.1) is 0 Å². The Morgan fingerprint density at radius 2 is 2.18 bits per heavy atom. The number of ether oxygens (including phenoxy) is 1. The number of hydrogen-bond acceptors (Lipinski definition) is 3. The molecule has 1 aliphatic heterocycles. The summed E-state index contributed by atoms with van der Waals surface area (Å²) in [6, 6.07) is 1.40. The number of likely N-dealkylation sites (tertiary alicyclic amines) is 1. The first kappa shape index (κ1) is 13.3. The van der Waals surface area contributed by atoms with Gasteiger partial charge in [-0.3, -0.25) is 4.90 Å². The van der Waals surface area contributed by atoms with Gasteiger partial charge in [0.15, 0.2) is 0 Å². The first-order chi connectivity index (χ1) is 8.09. The number of rotatable bonds is 4. The van der Waals surface area contributed by atoms with Crippen LogP contribution in [0.3, 0.4) is 0 Å². The highest BCUT2D eigenvalue weighted by Crippen LogP contribution is 2.46. The van der Waals surface area contributed by atoms with Gasteiger partial charge < -0.3 is 10.1 Å². The SMILES string of the molecule is CCOC1CC(N2CCCC(NC)C2)C1(C)C. The first-order valence-corrected chi connectivity index (χ1v) is 7.12. The summed E-state index contributed by atoms with van der Waals surface area (Å²) in [4.78, 5) is 2.68. The van der Waals surface area contributed by atoms with E-state index in [-0.39, 0.29) is 0 Å². The van der Waals surface area contributed by atoms with Gasteiger partial charge in [0.25, 0.3) is 0 Å². The maximum Gasteiger partial charge on any atom is 0.0655 e. The van der Waals surface area contributed by atoms with Crippen molar-refractivity contribution in [1.82, 2.24) is 10.2 Å². The van der Waals surface area contributed by atoms with Crippen LogP contribution in [-0.2, 0) is 4.74 Å². The molecule has 0 amide bonds. The van der Waals surface area contributed by atoms with E-state index in [4.69, 9.17) is 4.74 Å². The molecule has 3 nitrogen and oxygen atoms in total. The monoisotopic (exact) mass is 240 g/mol. The Labute approximate surface area is 106 Å². The summed E-state index contributed by atoms with van der Waals surface area (Å²) in [5.74, 6) is 0. The second-order valence-corrected chi connectivity index (χ2v) is 6.14. The second kappa shape index (κ2) is 5.25. The average molecular weight is 240 g/mol. The number of hydrogen-bond donors (Lipinski definition) is 1. The summed E-state index contributed by atoms with van der Waals surface area (Å²) in [5, 5.41) is 3.43. The van der Waals surface area contributed by atoms with Crippen LogP contribution in [0.15, 0.2) is 0 Å². The van der Waals surface area contributed by atoms with Gasteiger partial charge >= 0.3 is 0 Å². The predicted octanol–water partition coefficient (Wildman–Crippen LogP) is 1.87. The molecule has 1 N–H and O–H groups in total. The van der Waals surface area contributed by atoms with Gasteiger partial charge in [0.1, 0.15) is 0 Å². The van der Waals surface area contributed by atoms with Crippen molar-refractivity contribution < 1.29 is 4.74 Å². The summed E-state index contributed by atoms with van der Waals surface area (Å²) in [6.07, 6.45) is 4.34. The van der Waals surface area contributed by atoms with Gasteiger partial charge in [-0.2, -0.15) is 0 Å². The molecule has 1 heterocycles. The zero-order valence-electron chi connectivity index (χ0n) is 11.8. The van der Waals surface area contributed by atoms with Crippen LogP contribution in [0.25, 0.3) is 0 Å². The van der Waals surface area contributed by atoms with E-state index in [0.29, 0.717) is 17.6 Å². The molecule has 0 aromatic rings. The number of likely N-dealkylation sites (N-methyl/N-ethyl adjacent to an activating group) is 1. The highest BCUT2D eigenvalue weighted by molar-refractivity contribution is 5.04. The molecular weight excluding hydrogens is 212 g/mol. The standard InChI is InChI=1S/C14H28N2O/c1-5-17-13-9-12(14(13,2)3)16-8-6-7-11(10-16)15-4/h11-13,15H,5-10H2,1-4H3. The van der Waals surface area contributed by atoms with Crippen molar-refractivity contribution in [3.05, 3.63) is 0 Å². The lowest BCUT2D eigenvalue weighted by Gasteiger charge is -2.57. The Hall–Kier alpha value is -0.120. The Morgan fingerprint density at radius 3 is 2.76 bits per heavy atom. The van der Waals surface area contributed by atoms with Crippen molar-refractivity contribution in [1.29, 1.82) is 0 Å². The van der Waals surface area contributed by atoms with Crippen LogP contribution in [0.2, 0.25) is 0 Å². The predicted molar refractivity (Wildman–Crippen MR) is 71.3 cm³/mol. The molecule has 2 rings (SSSR count). The van der Waals surface area contributed by atoms with Crippen molar-refractivity contribution in [2.75, 3.05) is 26.7 Å². The van der Waals surface area contributed by atoms with Crippen molar-refractivity contribution >= 4 is 0 Å². The van der Waals surface area contributed by atoms with Crippen LogP contribution in [0.1, 0.15) is 40.0 Å². The van der Waals surface area contributed by atoms with Gasteiger partial charge in [-0.25, -0.2) is 0 Å². The number of nitrogens with zero attached hydrogens (tertiary/aromatic N) is 1. The minimum atomic E-state index is 0.325. The van der Waals surface area contributed by atoms with Crippen LogP contribution in [0, 0.1) is 5.41 Å². The smallest absolute Gasteiger partial charge is 0.0655 e. The molecule has 0 radical (unpaired) electrons. The molecule has 2 aliphatic rings. The minimum absolute atomic E-state index is 0.325. The van der Waals surface area contributed by atoms with E-state index in [1.54, 1.807) is 0 Å². The molecule has 0 aromatic carbocycles. The van der Waals surface area contributed by atoms with Gasteiger partial charge in [-0.1, -0.05) is 13.8 Å². The maximum atomic E-state index is 5.83. The molecule has 3 atom stereocenters. The summed E-state index contributed by atoms with van der Waals surface area (Å²) in [5.41, 5.74) is 0.325. The first-order valence-electron chi connectivity index (χ1n) is 7.12. The van der Waals surface area contributed by atoms with Gasteiger partial charge in [0.05, 0.1) is 6.10 Å². The van der Waals surface area contributed by atoms with Crippen molar-refractivity contribution in [3.63, 3.8) is 0 Å². The third-order valence-electron chi connectivity index (χ3n) is 4.80. The van der Waals surface area contributed by atoms with E-state index in [1.807, 2.05) is 0 Å². The van der Waals surface area contributed by atoms with Crippen LogP contribution in [-0.4, -0.2) is 49.8 Å². The topological polar surface area (TPSA) is 24.5 Å². The Bertz CT molecular complexity index is 255. The summed E-state index contributed by atoms with van der Waals surface area (Å²) >= 11 is 0. The Balaban J connectivity index is 1.91. The third-order valence-corrected chi connectivity index (χ3v) is 4.80. The molecule has 17 heavy (non-hydrogen) atoms. The molecule has 1 saturated carbocycles.